The van der Waals surface area contributed by atoms with Crippen molar-refractivity contribution >= 4 is 29.9 Å². The molecule has 0 aliphatic carbocycles. The van der Waals surface area contributed by atoms with Crippen molar-refractivity contribution in [3.05, 3.63) is 12.0 Å². The average molecular weight is 326 g/mol. The highest BCUT2D eigenvalue weighted by atomic mass is 16.5. The lowest BCUT2D eigenvalue weighted by atomic mass is 10.2. The van der Waals surface area contributed by atoms with E-state index in [4.69, 9.17) is 5.11 Å². The van der Waals surface area contributed by atoms with Gasteiger partial charge in [-0.05, 0) is 6.92 Å². The van der Waals surface area contributed by atoms with Gasteiger partial charge in [0.15, 0.2) is 17.3 Å². The minimum absolute atomic E-state index is 0.106. The number of carbonyl (C=O) groups is 4. The molecule has 0 spiro atoms. The number of Topliss-reactive ketones (excluding diaryl/α,β-unsaturated/α-hetero) is 1. The molecule has 0 aliphatic rings. The highest BCUT2D eigenvalue weighted by Gasteiger charge is 2.28. The van der Waals surface area contributed by atoms with Crippen LogP contribution in [0.1, 0.15) is 23.5 Å². The Balaban J connectivity index is 3.18. The highest BCUT2D eigenvalue weighted by molar-refractivity contribution is 6.04. The number of ether oxygens (including phenoxy) is 1. The van der Waals surface area contributed by atoms with Gasteiger partial charge in [0.05, 0.1) is 12.9 Å². The molecule has 1 aromatic heterocycles. The second kappa shape index (κ2) is 8.03. The number of rotatable bonds is 9. The predicted molar refractivity (Wildman–Crippen MR) is 78.1 cm³/mol. The maximum atomic E-state index is 12.5. The molecule has 126 valence electrons. The zero-order valence-corrected chi connectivity index (χ0v) is 13.0. The lowest BCUT2D eigenvalue weighted by Crippen LogP contribution is -2.37. The summed E-state index contributed by atoms with van der Waals surface area (Å²) in [6.45, 7) is 0.634. The molecular formula is C13H18N4O6. The van der Waals surface area contributed by atoms with Crippen LogP contribution in [-0.2, 0) is 19.1 Å². The van der Waals surface area contributed by atoms with E-state index in [1.54, 1.807) is 0 Å². The number of anilines is 1. The topological polar surface area (TPSA) is 131 Å². The molecule has 0 bridgehead atoms. The van der Waals surface area contributed by atoms with Crippen molar-refractivity contribution in [1.82, 2.24) is 14.5 Å². The van der Waals surface area contributed by atoms with Gasteiger partial charge in [0.2, 0.25) is 6.41 Å². The molecular weight excluding hydrogens is 308 g/mol. The van der Waals surface area contributed by atoms with E-state index < -0.39 is 30.2 Å². The summed E-state index contributed by atoms with van der Waals surface area (Å²) in [6, 6.07) is -1.08. The number of aromatic nitrogens is 2. The van der Waals surface area contributed by atoms with Gasteiger partial charge in [-0.15, -0.1) is 0 Å². The Kier molecular flexibility index (Phi) is 6.39. The molecule has 1 rings (SSSR count). The standard InChI is InChI=1S/C13H18N4O6/c1-8(13(21)22)17-6-15-11(14-2)10(17)12(20)16(7-18)4-9(19)5-23-3/h6-8,14H,4-5H2,1-3H3,(H,21,22)/t8-/m0/s1. The van der Waals surface area contributed by atoms with Crippen LogP contribution in [0.3, 0.4) is 0 Å². The Morgan fingerprint density at radius 3 is 2.65 bits per heavy atom. The van der Waals surface area contributed by atoms with E-state index in [0.717, 1.165) is 4.57 Å². The molecule has 0 saturated carbocycles. The third-order valence-electron chi connectivity index (χ3n) is 3.05. The van der Waals surface area contributed by atoms with Gasteiger partial charge in [0.1, 0.15) is 12.6 Å². The second-order valence-electron chi connectivity index (χ2n) is 4.62. The van der Waals surface area contributed by atoms with Gasteiger partial charge in [-0.25, -0.2) is 9.78 Å². The van der Waals surface area contributed by atoms with Crippen molar-refractivity contribution in [3.8, 4) is 0 Å². The number of carboxylic acids is 1. The normalized spacial score (nSPS) is 11.6. The molecule has 1 heterocycles. The molecule has 0 radical (unpaired) electrons. The first-order valence-corrected chi connectivity index (χ1v) is 6.61. The van der Waals surface area contributed by atoms with E-state index in [0.29, 0.717) is 4.90 Å². The molecule has 0 saturated heterocycles. The lowest BCUT2D eigenvalue weighted by molar-refractivity contribution is -0.140. The number of methoxy groups -OCH3 is 1. The molecule has 2 amide bonds. The van der Waals surface area contributed by atoms with Crippen molar-refractivity contribution in [1.29, 1.82) is 0 Å². The SMILES string of the molecule is CNc1ncn([C@@H](C)C(=O)O)c1C(=O)N(C=O)CC(=O)COC. The summed E-state index contributed by atoms with van der Waals surface area (Å²) in [6.07, 6.45) is 1.38. The molecule has 0 fully saturated rings. The second-order valence-corrected chi connectivity index (χ2v) is 4.62. The molecule has 0 aromatic carbocycles. The van der Waals surface area contributed by atoms with Crippen molar-refractivity contribution in [2.45, 2.75) is 13.0 Å². The number of imidazole rings is 1. The van der Waals surface area contributed by atoms with Gasteiger partial charge in [0, 0.05) is 14.2 Å². The third kappa shape index (κ3) is 4.13. The molecule has 0 unspecified atom stereocenters. The molecule has 0 aliphatic heterocycles. The number of hydrogen-bond donors (Lipinski definition) is 2. The average Bonchev–Trinajstić information content (AvgIpc) is 2.95. The molecule has 23 heavy (non-hydrogen) atoms. The van der Waals surface area contributed by atoms with Crippen molar-refractivity contribution in [2.24, 2.45) is 0 Å². The summed E-state index contributed by atoms with van der Waals surface area (Å²) in [7, 11) is 2.81. The van der Waals surface area contributed by atoms with Gasteiger partial charge < -0.3 is 19.7 Å². The number of carboxylic acid groups (broad SMARTS) is 1. The number of nitrogens with one attached hydrogen (secondary N) is 1. The number of imide groups is 1. The summed E-state index contributed by atoms with van der Waals surface area (Å²) in [5, 5.41) is 11.8. The Labute approximate surface area is 132 Å². The van der Waals surface area contributed by atoms with E-state index in [9.17, 15) is 19.2 Å². The summed E-state index contributed by atoms with van der Waals surface area (Å²) in [4.78, 5) is 50.9. The molecule has 10 heteroatoms. The monoisotopic (exact) mass is 326 g/mol. The summed E-state index contributed by atoms with van der Waals surface area (Å²) >= 11 is 0. The maximum Gasteiger partial charge on any atom is 0.326 e. The number of nitrogens with zero attached hydrogens (tertiary/aromatic N) is 3. The zero-order valence-electron chi connectivity index (χ0n) is 13.0. The predicted octanol–water partition coefficient (Wildman–Crippen LogP) is -0.615. The highest BCUT2D eigenvalue weighted by Crippen LogP contribution is 2.20. The zero-order chi connectivity index (χ0) is 17.6. The summed E-state index contributed by atoms with van der Waals surface area (Å²) < 4.78 is 5.77. The van der Waals surface area contributed by atoms with Crippen molar-refractivity contribution < 1.29 is 29.0 Å². The van der Waals surface area contributed by atoms with E-state index >= 15 is 0 Å². The Morgan fingerprint density at radius 2 is 2.17 bits per heavy atom. The largest absolute Gasteiger partial charge is 0.480 e. The van der Waals surface area contributed by atoms with E-state index in [2.05, 4.69) is 15.0 Å². The summed E-state index contributed by atoms with van der Waals surface area (Å²) in [5.41, 5.74) is -0.125. The lowest BCUT2D eigenvalue weighted by Gasteiger charge is -2.18. The van der Waals surface area contributed by atoms with Gasteiger partial charge in [-0.3, -0.25) is 19.3 Å². The number of amides is 2. The number of carbonyl (C=O) groups excluding carboxylic acids is 3. The Morgan fingerprint density at radius 1 is 1.52 bits per heavy atom. The number of ketones is 1. The van der Waals surface area contributed by atoms with Crippen LogP contribution >= 0.6 is 0 Å². The molecule has 1 aromatic rings. The summed E-state index contributed by atoms with van der Waals surface area (Å²) in [5.74, 6) is -2.38. The molecule has 2 N–H and O–H groups in total. The maximum absolute atomic E-state index is 12.5. The minimum atomic E-state index is -1.17. The van der Waals surface area contributed by atoms with Gasteiger partial charge in [0.25, 0.3) is 5.91 Å². The van der Waals surface area contributed by atoms with Crippen LogP contribution in [-0.4, -0.2) is 70.9 Å². The minimum Gasteiger partial charge on any atom is -0.480 e. The van der Waals surface area contributed by atoms with E-state index in [-0.39, 0.29) is 24.5 Å². The quantitative estimate of drug-likeness (QED) is 0.574. The van der Waals surface area contributed by atoms with Crippen LogP contribution in [0.4, 0.5) is 5.82 Å². The van der Waals surface area contributed by atoms with Crippen molar-refractivity contribution in [3.63, 3.8) is 0 Å². The smallest absolute Gasteiger partial charge is 0.326 e. The Bertz CT molecular complexity index is 612. The van der Waals surface area contributed by atoms with Crippen LogP contribution in [0.2, 0.25) is 0 Å². The van der Waals surface area contributed by atoms with Crippen LogP contribution in [0, 0.1) is 0 Å². The van der Waals surface area contributed by atoms with Crippen LogP contribution in [0.5, 0.6) is 0 Å². The first-order valence-electron chi connectivity index (χ1n) is 6.61. The third-order valence-corrected chi connectivity index (χ3v) is 3.05. The van der Waals surface area contributed by atoms with Gasteiger partial charge in [-0.1, -0.05) is 0 Å². The van der Waals surface area contributed by atoms with Crippen LogP contribution < -0.4 is 5.32 Å². The molecule has 1 atom stereocenters. The first-order chi connectivity index (χ1) is 10.9. The van der Waals surface area contributed by atoms with Crippen LogP contribution in [0.25, 0.3) is 0 Å². The van der Waals surface area contributed by atoms with E-state index in [1.165, 1.54) is 27.4 Å². The van der Waals surface area contributed by atoms with Gasteiger partial charge in [-0.2, -0.15) is 0 Å². The van der Waals surface area contributed by atoms with Crippen LogP contribution in [0.15, 0.2) is 6.33 Å². The number of aliphatic carboxylic acids is 1. The number of hydrogen-bond acceptors (Lipinski definition) is 7. The van der Waals surface area contributed by atoms with Crippen molar-refractivity contribution in [2.75, 3.05) is 32.6 Å². The Hall–Kier alpha value is -2.75. The fourth-order valence-corrected chi connectivity index (χ4v) is 1.86. The van der Waals surface area contributed by atoms with E-state index in [1.807, 2.05) is 0 Å². The fourth-order valence-electron chi connectivity index (χ4n) is 1.86. The molecule has 10 nitrogen and oxygen atoms in total. The fraction of sp³-hybridized carbons (Fsp3) is 0.462. The van der Waals surface area contributed by atoms with Gasteiger partial charge >= 0.3 is 5.97 Å². The first kappa shape index (κ1) is 18.3.